The molecule has 4 unspecified atom stereocenters. The predicted molar refractivity (Wildman–Crippen MR) is 119 cm³/mol. The summed E-state index contributed by atoms with van der Waals surface area (Å²) in [5.74, 6) is -4.33. The van der Waals surface area contributed by atoms with Gasteiger partial charge in [-0.15, -0.1) is 0 Å². The lowest BCUT2D eigenvalue weighted by molar-refractivity contribution is -0.142. The summed E-state index contributed by atoms with van der Waals surface area (Å²) in [6, 6.07) is -4.49. The zero-order chi connectivity index (χ0) is 24.8. The van der Waals surface area contributed by atoms with E-state index >= 15 is 0 Å². The van der Waals surface area contributed by atoms with E-state index in [1.165, 1.54) is 6.92 Å². The lowest BCUT2D eigenvalue weighted by atomic mass is 10.1. The Kier molecular flexibility index (Phi) is 13.4. The maximum absolute atomic E-state index is 12.4. The molecule has 182 valence electrons. The van der Waals surface area contributed by atoms with Crippen LogP contribution in [-0.2, 0) is 24.0 Å². The number of primary amides is 1. The highest BCUT2D eigenvalue weighted by Gasteiger charge is 2.27. The second-order valence-corrected chi connectivity index (χ2v) is 7.30. The number of thiol groups is 1. The number of hydrogen-bond acceptors (Lipinski definition) is 8. The van der Waals surface area contributed by atoms with Crippen LogP contribution < -0.4 is 38.9 Å². The molecule has 4 atom stereocenters. The number of nitrogens with two attached hydrogens (primary N) is 4. The number of carboxylic acid groups (broad SMARTS) is 1. The Morgan fingerprint density at radius 2 is 1.53 bits per heavy atom. The molecule has 0 saturated heterocycles. The zero-order valence-electron chi connectivity index (χ0n) is 17.7. The molecule has 15 heteroatoms. The third kappa shape index (κ3) is 11.9. The summed E-state index contributed by atoms with van der Waals surface area (Å²) in [4.78, 5) is 62.6. The van der Waals surface area contributed by atoms with Crippen molar-refractivity contribution in [1.29, 1.82) is 0 Å². The lowest BCUT2D eigenvalue weighted by Crippen LogP contribution is -2.56. The van der Waals surface area contributed by atoms with Gasteiger partial charge in [0, 0.05) is 18.7 Å². The standard InChI is InChI=1S/C17H32N8O6S/c1-8(13(27)24-10(16(30)31)4-5-12(19)26)23-15(29)11(7-32)25-14(28)9(18)3-2-6-22-17(20)21/h8-11,32H,2-7,18H2,1H3,(H2,19,26)(H,23,29)(H,24,27)(H,25,28)(H,30,31)(H4,20,21,22). The van der Waals surface area contributed by atoms with Crippen LogP contribution in [0.5, 0.6) is 0 Å². The fraction of sp³-hybridized carbons (Fsp3) is 0.647. The molecule has 32 heavy (non-hydrogen) atoms. The van der Waals surface area contributed by atoms with Crippen molar-refractivity contribution in [2.45, 2.75) is 56.8 Å². The number of hydrogen-bond donors (Lipinski definition) is 9. The Bertz CT molecular complexity index is 715. The summed E-state index contributed by atoms with van der Waals surface area (Å²) in [5, 5.41) is 16.2. The van der Waals surface area contributed by atoms with Gasteiger partial charge in [0.1, 0.15) is 18.1 Å². The van der Waals surface area contributed by atoms with Gasteiger partial charge in [-0.3, -0.25) is 24.2 Å². The van der Waals surface area contributed by atoms with E-state index in [-0.39, 0.29) is 31.0 Å². The van der Waals surface area contributed by atoms with Gasteiger partial charge in [0.05, 0.1) is 6.04 Å². The molecule has 0 radical (unpaired) electrons. The van der Waals surface area contributed by atoms with Crippen LogP contribution >= 0.6 is 12.6 Å². The van der Waals surface area contributed by atoms with Crippen molar-refractivity contribution in [2.24, 2.45) is 27.9 Å². The van der Waals surface area contributed by atoms with Gasteiger partial charge in [-0.2, -0.15) is 12.6 Å². The molecule has 0 aromatic rings. The number of amides is 4. The lowest BCUT2D eigenvalue weighted by Gasteiger charge is -2.22. The number of aliphatic imine (C=N–C) groups is 1. The molecule has 0 aromatic heterocycles. The van der Waals surface area contributed by atoms with E-state index in [2.05, 4.69) is 33.6 Å². The number of carbonyl (C=O) groups is 5. The fourth-order valence-electron chi connectivity index (χ4n) is 2.34. The molecule has 0 saturated carbocycles. The van der Waals surface area contributed by atoms with Crippen LogP contribution in [0.3, 0.4) is 0 Å². The molecule has 14 nitrogen and oxygen atoms in total. The minimum Gasteiger partial charge on any atom is -0.480 e. The molecule has 0 aliphatic rings. The van der Waals surface area contributed by atoms with Crippen LogP contribution in [0.2, 0.25) is 0 Å². The number of nitrogens with zero attached hydrogens (tertiary/aromatic N) is 1. The van der Waals surface area contributed by atoms with E-state index in [1.807, 2.05) is 0 Å². The van der Waals surface area contributed by atoms with Crippen LogP contribution in [0.1, 0.15) is 32.6 Å². The van der Waals surface area contributed by atoms with Crippen LogP contribution in [0, 0.1) is 0 Å². The number of rotatable bonds is 15. The number of carboxylic acids is 1. The van der Waals surface area contributed by atoms with Crippen LogP contribution in [0.25, 0.3) is 0 Å². The van der Waals surface area contributed by atoms with Crippen LogP contribution in [-0.4, -0.2) is 77.1 Å². The summed E-state index contributed by atoms with van der Waals surface area (Å²) < 4.78 is 0. The van der Waals surface area contributed by atoms with E-state index in [1.54, 1.807) is 0 Å². The van der Waals surface area contributed by atoms with Crippen molar-refractivity contribution in [3.8, 4) is 0 Å². The number of carbonyl (C=O) groups excluding carboxylic acids is 4. The summed E-state index contributed by atoms with van der Waals surface area (Å²) in [5.41, 5.74) is 21.2. The number of aliphatic carboxylic acids is 1. The van der Waals surface area contributed by atoms with Crippen molar-refractivity contribution < 1.29 is 29.1 Å². The topological polar surface area (TPSA) is 258 Å². The van der Waals surface area contributed by atoms with Gasteiger partial charge in [0.2, 0.25) is 23.6 Å². The highest BCUT2D eigenvalue weighted by molar-refractivity contribution is 7.80. The Morgan fingerprint density at radius 3 is 2.03 bits per heavy atom. The van der Waals surface area contributed by atoms with Crippen molar-refractivity contribution in [1.82, 2.24) is 16.0 Å². The summed E-state index contributed by atoms with van der Waals surface area (Å²) in [7, 11) is 0. The van der Waals surface area contributed by atoms with E-state index < -0.39 is 53.8 Å². The molecule has 0 rings (SSSR count). The first-order chi connectivity index (χ1) is 14.9. The predicted octanol–water partition coefficient (Wildman–Crippen LogP) is -3.88. The number of nitrogens with one attached hydrogen (secondary N) is 3. The average molecular weight is 477 g/mol. The smallest absolute Gasteiger partial charge is 0.326 e. The first-order valence-corrected chi connectivity index (χ1v) is 10.4. The van der Waals surface area contributed by atoms with E-state index in [4.69, 9.17) is 28.0 Å². The second kappa shape index (κ2) is 14.9. The first-order valence-electron chi connectivity index (χ1n) is 9.73. The molecule has 0 heterocycles. The molecule has 0 spiro atoms. The van der Waals surface area contributed by atoms with Crippen LogP contribution in [0.15, 0.2) is 4.99 Å². The van der Waals surface area contributed by atoms with Crippen molar-refractivity contribution >= 4 is 48.2 Å². The monoisotopic (exact) mass is 476 g/mol. The first kappa shape index (κ1) is 28.9. The normalized spacial score (nSPS) is 14.2. The minimum atomic E-state index is -1.35. The minimum absolute atomic E-state index is 0.0736. The van der Waals surface area contributed by atoms with Gasteiger partial charge < -0.3 is 44.0 Å². The van der Waals surface area contributed by atoms with Gasteiger partial charge in [-0.05, 0) is 26.2 Å². The Morgan fingerprint density at radius 1 is 0.938 bits per heavy atom. The van der Waals surface area contributed by atoms with Crippen molar-refractivity contribution in [3.63, 3.8) is 0 Å². The Hall–Kier alpha value is -3.07. The molecule has 0 fully saturated rings. The highest BCUT2D eigenvalue weighted by Crippen LogP contribution is 2.00. The van der Waals surface area contributed by atoms with Gasteiger partial charge in [-0.25, -0.2) is 4.79 Å². The Balaban J connectivity index is 4.74. The third-order valence-corrected chi connectivity index (χ3v) is 4.53. The van der Waals surface area contributed by atoms with Gasteiger partial charge in [0.15, 0.2) is 5.96 Å². The van der Waals surface area contributed by atoms with Gasteiger partial charge in [0.25, 0.3) is 0 Å². The third-order valence-electron chi connectivity index (χ3n) is 4.17. The molecule has 12 N–H and O–H groups in total. The van der Waals surface area contributed by atoms with E-state index in [9.17, 15) is 24.0 Å². The molecule has 4 amide bonds. The SMILES string of the molecule is CC(NC(=O)C(CS)NC(=O)C(N)CCCN=C(N)N)C(=O)NC(CCC(N)=O)C(=O)O. The quantitative estimate of drug-likeness (QED) is 0.0483. The summed E-state index contributed by atoms with van der Waals surface area (Å²) >= 11 is 4.03. The largest absolute Gasteiger partial charge is 0.480 e. The Labute approximate surface area is 190 Å². The molecule has 0 aromatic carbocycles. The van der Waals surface area contributed by atoms with Crippen molar-refractivity contribution in [2.75, 3.05) is 12.3 Å². The zero-order valence-corrected chi connectivity index (χ0v) is 18.6. The van der Waals surface area contributed by atoms with Gasteiger partial charge in [-0.1, -0.05) is 0 Å². The summed E-state index contributed by atoms with van der Waals surface area (Å²) in [6.45, 7) is 1.62. The van der Waals surface area contributed by atoms with E-state index in [0.29, 0.717) is 13.0 Å². The van der Waals surface area contributed by atoms with Crippen molar-refractivity contribution in [3.05, 3.63) is 0 Å². The molecular weight excluding hydrogens is 444 g/mol. The van der Waals surface area contributed by atoms with E-state index in [0.717, 1.165) is 0 Å². The molecule has 0 aliphatic carbocycles. The molecule has 0 aliphatic heterocycles. The van der Waals surface area contributed by atoms with Gasteiger partial charge >= 0.3 is 5.97 Å². The number of guanidine groups is 1. The highest BCUT2D eigenvalue weighted by atomic mass is 32.1. The maximum atomic E-state index is 12.4. The molecule has 0 bridgehead atoms. The fourth-order valence-corrected chi connectivity index (χ4v) is 2.60. The summed E-state index contributed by atoms with van der Waals surface area (Å²) in [6.07, 6.45) is 0.275. The molecular formula is C17H32N8O6S. The maximum Gasteiger partial charge on any atom is 0.326 e. The average Bonchev–Trinajstić information content (AvgIpc) is 2.70. The van der Waals surface area contributed by atoms with Crippen LogP contribution in [0.4, 0.5) is 0 Å². The second-order valence-electron chi connectivity index (χ2n) is 6.93.